The van der Waals surface area contributed by atoms with Crippen LogP contribution < -0.4 is 4.18 Å². The molecule has 5 aromatic rings. The zero-order valence-corrected chi connectivity index (χ0v) is 18.2. The topological polar surface area (TPSA) is 135 Å². The molecule has 0 fully saturated rings. The zero-order chi connectivity index (χ0) is 22.5. The first kappa shape index (κ1) is 20.2. The van der Waals surface area contributed by atoms with E-state index in [1.165, 1.54) is 36.4 Å². The molecule has 0 aliphatic rings. The van der Waals surface area contributed by atoms with Crippen LogP contribution >= 0.6 is 0 Å². The number of nitrogens with zero attached hydrogens (tertiary/aromatic N) is 2. The Labute approximate surface area is 183 Å². The van der Waals surface area contributed by atoms with E-state index in [1.807, 2.05) is 24.3 Å². The second-order valence-corrected chi connectivity index (χ2v) is 10.6. The van der Waals surface area contributed by atoms with Crippen LogP contribution in [0.15, 0.2) is 76.5 Å². The smallest absolute Gasteiger partial charge is 0.340 e. The lowest BCUT2D eigenvalue weighted by atomic mass is 10.2. The quantitative estimate of drug-likeness (QED) is 0.378. The van der Waals surface area contributed by atoms with E-state index >= 15 is 0 Å². The Morgan fingerprint density at radius 2 is 1.56 bits per heavy atom. The Hall–Kier alpha value is -3.70. The fourth-order valence-corrected chi connectivity index (χ4v) is 5.95. The van der Waals surface area contributed by atoms with Gasteiger partial charge in [0.1, 0.15) is 16.3 Å². The maximum atomic E-state index is 12.9. The van der Waals surface area contributed by atoms with Crippen LogP contribution in [0, 0.1) is 0 Å². The summed E-state index contributed by atoms with van der Waals surface area (Å²) in [7, 11) is -8.19. The van der Waals surface area contributed by atoms with Crippen molar-refractivity contribution in [2.24, 2.45) is 0 Å². The van der Waals surface area contributed by atoms with Crippen LogP contribution in [0.5, 0.6) is 5.75 Å². The molecule has 0 saturated carbocycles. The van der Waals surface area contributed by atoms with E-state index in [1.54, 1.807) is 6.07 Å². The predicted molar refractivity (Wildman–Crippen MR) is 119 cm³/mol. The predicted octanol–water partition coefficient (Wildman–Crippen LogP) is 3.28. The van der Waals surface area contributed by atoms with Crippen molar-refractivity contribution in [1.29, 1.82) is 0 Å². The number of rotatable bonds is 5. The molecule has 9 nitrogen and oxygen atoms in total. The number of fused-ring (bicyclic) bond motifs is 2. The summed E-state index contributed by atoms with van der Waals surface area (Å²) in [6.07, 6.45) is 0.943. The normalized spacial score (nSPS) is 12.4. The first-order valence-electron chi connectivity index (χ1n) is 9.39. The monoisotopic (exact) mass is 468 g/mol. The number of hydrogen-bond donors (Lipinski definition) is 2. The molecule has 0 aliphatic carbocycles. The summed E-state index contributed by atoms with van der Waals surface area (Å²) in [5.41, 5.74) is 2.76. The molecule has 0 aliphatic heterocycles. The average Bonchev–Trinajstić information content (AvgIpc) is 3.36. The van der Waals surface area contributed by atoms with Gasteiger partial charge in [-0.05, 0) is 42.5 Å². The molecule has 3 aromatic carbocycles. The highest BCUT2D eigenvalue weighted by atomic mass is 32.2. The second-order valence-electron chi connectivity index (χ2n) is 7.14. The number of sulfone groups is 1. The Balaban J connectivity index is 1.57. The minimum Gasteiger partial charge on any atom is -0.379 e. The van der Waals surface area contributed by atoms with E-state index < -0.39 is 24.9 Å². The Bertz CT molecular complexity index is 1670. The lowest BCUT2D eigenvalue weighted by Crippen LogP contribution is -2.14. The van der Waals surface area contributed by atoms with Gasteiger partial charge in [-0.1, -0.05) is 24.3 Å². The largest absolute Gasteiger partial charge is 0.379 e. The summed E-state index contributed by atoms with van der Waals surface area (Å²) >= 11 is 0. The number of para-hydroxylation sites is 2. The van der Waals surface area contributed by atoms with Crippen LogP contribution in [0.4, 0.5) is 0 Å². The molecule has 2 N–H and O–H groups in total. The lowest BCUT2D eigenvalue weighted by molar-refractivity contribution is 0.483. The first-order valence-corrected chi connectivity index (χ1v) is 12.7. The molecule has 0 bridgehead atoms. The van der Waals surface area contributed by atoms with Crippen molar-refractivity contribution in [2.45, 2.75) is 9.79 Å². The Morgan fingerprint density at radius 1 is 0.844 bits per heavy atom. The maximum absolute atomic E-state index is 12.9. The fourth-order valence-electron chi connectivity index (χ4n) is 3.43. The van der Waals surface area contributed by atoms with Crippen molar-refractivity contribution in [3.05, 3.63) is 66.7 Å². The minimum atomic E-state index is -4.41. The van der Waals surface area contributed by atoms with Crippen LogP contribution in [0.25, 0.3) is 33.5 Å². The number of H-pyrrole nitrogens is 2. The van der Waals surface area contributed by atoms with Crippen molar-refractivity contribution in [3.63, 3.8) is 0 Å². The van der Waals surface area contributed by atoms with E-state index in [2.05, 4.69) is 20.2 Å². The summed E-state index contributed by atoms with van der Waals surface area (Å²) in [6, 6.07) is 17.4. The molecule has 0 unspecified atom stereocenters. The highest BCUT2D eigenvalue weighted by Gasteiger charge is 2.26. The second kappa shape index (κ2) is 7.18. The van der Waals surface area contributed by atoms with Crippen molar-refractivity contribution >= 4 is 41.9 Å². The highest BCUT2D eigenvalue weighted by molar-refractivity contribution is 7.92. The van der Waals surface area contributed by atoms with Gasteiger partial charge in [-0.25, -0.2) is 13.4 Å². The van der Waals surface area contributed by atoms with E-state index in [4.69, 9.17) is 4.18 Å². The van der Waals surface area contributed by atoms with Crippen molar-refractivity contribution in [2.75, 3.05) is 6.26 Å². The van der Waals surface area contributed by atoms with E-state index in [0.717, 1.165) is 17.3 Å². The molecule has 0 radical (unpaired) electrons. The van der Waals surface area contributed by atoms with Crippen LogP contribution in [0.3, 0.4) is 0 Å². The highest BCUT2D eigenvalue weighted by Crippen LogP contribution is 2.31. The summed E-state index contributed by atoms with van der Waals surface area (Å²) in [6.45, 7) is 0. The Kier molecular flexibility index (Phi) is 4.53. The minimum absolute atomic E-state index is 0.0135. The molecule has 0 saturated heterocycles. The van der Waals surface area contributed by atoms with Crippen LogP contribution in [-0.2, 0) is 20.0 Å². The number of hydrogen-bond acceptors (Lipinski definition) is 7. The summed E-state index contributed by atoms with van der Waals surface area (Å²) in [5.74, 6) is 0.527. The number of nitrogens with one attached hydrogen (secondary N) is 2. The van der Waals surface area contributed by atoms with E-state index in [9.17, 15) is 16.8 Å². The summed E-state index contributed by atoms with van der Waals surface area (Å²) < 4.78 is 55.1. The number of imidazole rings is 1. The van der Waals surface area contributed by atoms with Gasteiger partial charge in [-0.2, -0.15) is 13.5 Å². The maximum Gasteiger partial charge on any atom is 0.340 e. The van der Waals surface area contributed by atoms with Gasteiger partial charge in [0.15, 0.2) is 15.7 Å². The molecule has 0 atom stereocenters. The van der Waals surface area contributed by atoms with E-state index in [-0.39, 0.29) is 10.6 Å². The standard InChI is InChI=1S/C21H16N4O5S2/c1-31(26,27)18-8-4-5-9-19(18)32(28,29)30-13-10-11-15-14(12-13)20(25-24-15)21-22-16-6-2-3-7-17(16)23-21/h2-12H,1H3,(H,22,23)(H,24,25). The van der Waals surface area contributed by atoms with Gasteiger partial charge in [0.2, 0.25) is 0 Å². The summed E-state index contributed by atoms with van der Waals surface area (Å²) in [4.78, 5) is 6.97. The van der Waals surface area contributed by atoms with Crippen LogP contribution in [0.2, 0.25) is 0 Å². The molecule has 0 amide bonds. The van der Waals surface area contributed by atoms with Crippen molar-refractivity contribution in [3.8, 4) is 17.3 Å². The lowest BCUT2D eigenvalue weighted by Gasteiger charge is -2.10. The molecule has 5 rings (SSSR count). The van der Waals surface area contributed by atoms with Gasteiger partial charge in [0.25, 0.3) is 0 Å². The zero-order valence-electron chi connectivity index (χ0n) is 16.6. The summed E-state index contributed by atoms with van der Waals surface area (Å²) in [5, 5.41) is 7.78. The number of benzene rings is 3. The Morgan fingerprint density at radius 3 is 2.31 bits per heavy atom. The SMILES string of the molecule is CS(=O)(=O)c1ccccc1S(=O)(=O)Oc1ccc2[nH]nc(-c3nc4ccccc4[nH]3)c2c1. The third-order valence-corrected chi connectivity index (χ3v) is 7.46. The van der Waals surface area contributed by atoms with Crippen LogP contribution in [0.1, 0.15) is 0 Å². The van der Waals surface area contributed by atoms with E-state index in [0.29, 0.717) is 22.4 Å². The van der Waals surface area contributed by atoms with Gasteiger partial charge in [-0.15, -0.1) is 0 Å². The van der Waals surface area contributed by atoms with Gasteiger partial charge in [0.05, 0.1) is 21.4 Å². The molecule has 11 heteroatoms. The van der Waals surface area contributed by atoms with Gasteiger partial charge in [-0.3, -0.25) is 5.10 Å². The van der Waals surface area contributed by atoms with Gasteiger partial charge in [0, 0.05) is 11.6 Å². The van der Waals surface area contributed by atoms with Crippen molar-refractivity contribution < 1.29 is 21.0 Å². The van der Waals surface area contributed by atoms with Crippen molar-refractivity contribution in [1.82, 2.24) is 20.2 Å². The molecule has 162 valence electrons. The molecule has 0 spiro atoms. The van der Waals surface area contributed by atoms with Crippen LogP contribution in [-0.4, -0.2) is 43.3 Å². The number of aromatic amines is 2. The molecular weight excluding hydrogens is 452 g/mol. The first-order chi connectivity index (χ1) is 15.2. The van der Waals surface area contributed by atoms with Gasteiger partial charge >= 0.3 is 10.1 Å². The molecule has 32 heavy (non-hydrogen) atoms. The van der Waals surface area contributed by atoms with Gasteiger partial charge < -0.3 is 9.17 Å². The number of aromatic nitrogens is 4. The molecule has 2 aromatic heterocycles. The third kappa shape index (κ3) is 3.51. The molecule has 2 heterocycles. The average molecular weight is 469 g/mol. The molecular formula is C21H16N4O5S2. The fraction of sp³-hybridized carbons (Fsp3) is 0.0476. The third-order valence-electron chi connectivity index (χ3n) is 4.87.